The number of amides is 2. The first-order valence-electron chi connectivity index (χ1n) is 16.5. The van der Waals surface area contributed by atoms with E-state index < -0.39 is 23.5 Å². The van der Waals surface area contributed by atoms with Gasteiger partial charge in [0.25, 0.3) is 0 Å². The van der Waals surface area contributed by atoms with Crippen molar-refractivity contribution in [1.29, 1.82) is 0 Å². The molecule has 246 valence electrons. The minimum Gasteiger partial charge on any atom is -0.392 e. The van der Waals surface area contributed by atoms with E-state index in [1.165, 1.54) is 4.90 Å². The van der Waals surface area contributed by atoms with Gasteiger partial charge < -0.3 is 16.6 Å². The Hall–Kier alpha value is -5.08. The van der Waals surface area contributed by atoms with Crippen LogP contribution in [-0.4, -0.2) is 35.5 Å². The van der Waals surface area contributed by atoms with Crippen molar-refractivity contribution in [3.05, 3.63) is 173 Å². The molecule has 0 saturated carbocycles. The molecule has 0 aromatic heterocycles. The predicted octanol–water partition coefficient (Wildman–Crippen LogP) is 5.69. The average Bonchev–Trinajstić information content (AvgIpc) is 3.14. The van der Waals surface area contributed by atoms with Crippen LogP contribution in [0.1, 0.15) is 47.1 Å². The van der Waals surface area contributed by atoms with Crippen molar-refractivity contribution in [2.24, 2.45) is 11.5 Å². The van der Waals surface area contributed by atoms with E-state index in [0.717, 1.165) is 28.7 Å². The van der Waals surface area contributed by atoms with Crippen molar-refractivity contribution in [1.82, 2.24) is 5.32 Å². The molecule has 0 unspecified atom stereocenters. The number of benzene rings is 5. The second-order valence-electron chi connectivity index (χ2n) is 12.0. The zero-order valence-corrected chi connectivity index (χ0v) is 27.1. The zero-order chi connectivity index (χ0) is 33.8. The largest absolute Gasteiger partial charge is 0.392 e. The second-order valence-corrected chi connectivity index (χ2v) is 12.0. The molecule has 5 rings (SSSR count). The Morgan fingerprint density at radius 1 is 0.667 bits per heavy atom. The van der Waals surface area contributed by atoms with E-state index in [0.29, 0.717) is 37.1 Å². The van der Waals surface area contributed by atoms with E-state index in [-0.39, 0.29) is 12.5 Å². The van der Waals surface area contributed by atoms with E-state index >= 15 is 0 Å². The molecule has 0 aliphatic rings. The summed E-state index contributed by atoms with van der Waals surface area (Å²) < 4.78 is 0. The number of carbonyl (C=O) groups excluding carboxylic acids is 2. The van der Waals surface area contributed by atoms with E-state index in [1.807, 2.05) is 48.5 Å². The Kier molecular flexibility index (Phi) is 11.9. The number of hydrogen-bond acceptors (Lipinski definition) is 5. The minimum absolute atomic E-state index is 0.134. The fourth-order valence-corrected chi connectivity index (χ4v) is 6.36. The molecule has 2 amide bonds. The number of aliphatic hydroxyl groups excluding tert-OH is 1. The van der Waals surface area contributed by atoms with Gasteiger partial charge in [-0.05, 0) is 72.2 Å². The molecule has 0 radical (unpaired) electrons. The third-order valence-corrected chi connectivity index (χ3v) is 8.81. The topological polar surface area (TPSA) is 122 Å². The Morgan fingerprint density at radius 2 is 1.15 bits per heavy atom. The predicted molar refractivity (Wildman–Crippen MR) is 192 cm³/mol. The maximum absolute atomic E-state index is 14.0. The molecule has 2 atom stereocenters. The highest BCUT2D eigenvalue weighted by atomic mass is 16.3. The molecule has 6 N–H and O–H groups in total. The molecule has 7 nitrogen and oxygen atoms in total. The standard InChI is InChI=1S/C41H44N4O3/c42-37(29-31-15-5-1-6-16-31)40(48)45(36-26-24-32(30-46)25-27-36)38(39(43)47)23-13-14-28-44-41(33-17-7-2-8-18-33,34-19-9-3-10-20-34)35-21-11-4-12-22-35/h1-12,15-22,24-27,37-38,44,46H,13-14,23,28-30,42H2,(H2,43,47)/t37-,38-/m0/s1. The summed E-state index contributed by atoms with van der Waals surface area (Å²) in [6.45, 7) is 0.501. The summed E-state index contributed by atoms with van der Waals surface area (Å²) >= 11 is 0. The molecule has 0 aliphatic carbocycles. The number of rotatable bonds is 16. The smallest absolute Gasteiger partial charge is 0.244 e. The Labute approximate surface area is 283 Å². The molecule has 5 aromatic carbocycles. The fraction of sp³-hybridized carbons (Fsp3) is 0.220. The van der Waals surface area contributed by atoms with Crippen LogP contribution in [0.2, 0.25) is 0 Å². The van der Waals surface area contributed by atoms with Crippen LogP contribution in [0, 0.1) is 0 Å². The number of unbranched alkanes of at least 4 members (excludes halogenated alkanes) is 1. The normalized spacial score (nSPS) is 12.6. The number of primary amides is 1. The number of nitrogens with zero attached hydrogens (tertiary/aromatic N) is 1. The molecule has 0 aliphatic heterocycles. The second kappa shape index (κ2) is 16.7. The molecule has 0 spiro atoms. The van der Waals surface area contributed by atoms with Gasteiger partial charge in [0, 0.05) is 5.69 Å². The monoisotopic (exact) mass is 640 g/mol. The lowest BCUT2D eigenvalue weighted by atomic mass is 9.77. The van der Waals surface area contributed by atoms with Crippen molar-refractivity contribution in [3.63, 3.8) is 0 Å². The van der Waals surface area contributed by atoms with Gasteiger partial charge in [0.05, 0.1) is 18.2 Å². The third kappa shape index (κ3) is 8.06. The molecule has 0 heterocycles. The first-order chi connectivity index (χ1) is 23.4. The van der Waals surface area contributed by atoms with Crippen LogP contribution < -0.4 is 21.7 Å². The summed E-state index contributed by atoms with van der Waals surface area (Å²) in [4.78, 5) is 28.5. The maximum Gasteiger partial charge on any atom is 0.244 e. The Bertz CT molecular complexity index is 1620. The summed E-state index contributed by atoms with van der Waals surface area (Å²) in [5, 5.41) is 13.5. The zero-order valence-electron chi connectivity index (χ0n) is 27.1. The SMILES string of the molecule is NC(=O)[C@H](CCCCNC(c1ccccc1)(c1ccccc1)c1ccccc1)N(C(=O)[C@@H](N)Cc1ccccc1)c1ccc(CO)cc1. The van der Waals surface area contributed by atoms with E-state index in [1.54, 1.807) is 24.3 Å². The summed E-state index contributed by atoms with van der Waals surface area (Å²) in [6.07, 6.45) is 2.03. The number of carbonyl (C=O) groups is 2. The van der Waals surface area contributed by atoms with Gasteiger partial charge in [-0.15, -0.1) is 0 Å². The number of aliphatic hydroxyl groups is 1. The lowest BCUT2D eigenvalue weighted by Gasteiger charge is -2.37. The quantitative estimate of drug-likeness (QED) is 0.0816. The summed E-state index contributed by atoms with van der Waals surface area (Å²) in [7, 11) is 0. The van der Waals surface area contributed by atoms with Crippen molar-refractivity contribution in [2.45, 2.75) is 49.9 Å². The van der Waals surface area contributed by atoms with Crippen LogP contribution in [0.5, 0.6) is 0 Å². The molecular formula is C41H44N4O3. The van der Waals surface area contributed by atoms with E-state index in [2.05, 4.69) is 78.1 Å². The molecule has 7 heteroatoms. The number of nitrogens with one attached hydrogen (secondary N) is 1. The lowest BCUT2D eigenvalue weighted by Crippen LogP contribution is -2.54. The molecule has 0 fully saturated rings. The summed E-state index contributed by atoms with van der Waals surface area (Å²) in [5.74, 6) is -0.976. The van der Waals surface area contributed by atoms with Crippen molar-refractivity contribution in [3.8, 4) is 0 Å². The third-order valence-electron chi connectivity index (χ3n) is 8.81. The Balaban J connectivity index is 1.37. The first-order valence-corrected chi connectivity index (χ1v) is 16.5. The highest BCUT2D eigenvalue weighted by Gasteiger charge is 2.36. The van der Waals surface area contributed by atoms with Gasteiger partial charge in [-0.1, -0.05) is 133 Å². The van der Waals surface area contributed by atoms with E-state index in [9.17, 15) is 14.7 Å². The van der Waals surface area contributed by atoms with Crippen LogP contribution >= 0.6 is 0 Å². The number of anilines is 1. The highest BCUT2D eigenvalue weighted by Crippen LogP contribution is 2.36. The summed E-state index contributed by atoms with van der Waals surface area (Å²) in [6, 6.07) is 45.9. The van der Waals surface area contributed by atoms with E-state index in [4.69, 9.17) is 11.5 Å². The van der Waals surface area contributed by atoms with Gasteiger partial charge in [-0.2, -0.15) is 0 Å². The van der Waals surface area contributed by atoms with Crippen LogP contribution in [0.4, 0.5) is 5.69 Å². The van der Waals surface area contributed by atoms with Crippen LogP contribution in [0.15, 0.2) is 146 Å². The summed E-state index contributed by atoms with van der Waals surface area (Å²) in [5.41, 5.74) is 17.4. The van der Waals surface area contributed by atoms with Gasteiger partial charge >= 0.3 is 0 Å². The molecule has 48 heavy (non-hydrogen) atoms. The minimum atomic E-state index is -0.901. The molecular weight excluding hydrogens is 596 g/mol. The molecule has 5 aromatic rings. The average molecular weight is 641 g/mol. The van der Waals surface area contributed by atoms with Crippen molar-refractivity contribution >= 4 is 17.5 Å². The van der Waals surface area contributed by atoms with Crippen molar-refractivity contribution < 1.29 is 14.7 Å². The molecule has 0 bridgehead atoms. The van der Waals surface area contributed by atoms with Crippen LogP contribution in [0.25, 0.3) is 0 Å². The fourth-order valence-electron chi connectivity index (χ4n) is 6.36. The van der Waals surface area contributed by atoms with Crippen LogP contribution in [-0.2, 0) is 28.2 Å². The van der Waals surface area contributed by atoms with Gasteiger partial charge in [-0.25, -0.2) is 0 Å². The van der Waals surface area contributed by atoms with Crippen molar-refractivity contribution in [2.75, 3.05) is 11.4 Å². The van der Waals surface area contributed by atoms with Gasteiger partial charge in [0.15, 0.2) is 0 Å². The maximum atomic E-state index is 14.0. The Morgan fingerprint density at radius 3 is 1.60 bits per heavy atom. The van der Waals surface area contributed by atoms with Gasteiger partial charge in [0.2, 0.25) is 11.8 Å². The first kappa shape index (κ1) is 34.3. The lowest BCUT2D eigenvalue weighted by molar-refractivity contribution is -0.125. The number of hydrogen-bond donors (Lipinski definition) is 4. The van der Waals surface area contributed by atoms with Crippen LogP contribution in [0.3, 0.4) is 0 Å². The van der Waals surface area contributed by atoms with Gasteiger partial charge in [-0.3, -0.25) is 19.8 Å². The highest BCUT2D eigenvalue weighted by molar-refractivity contribution is 6.03. The number of nitrogens with two attached hydrogens (primary N) is 2. The van der Waals surface area contributed by atoms with Gasteiger partial charge in [0.1, 0.15) is 6.04 Å². The molecule has 0 saturated heterocycles.